The number of H-pyrrole nitrogens is 1. The van der Waals surface area contributed by atoms with Gasteiger partial charge in [-0.15, -0.1) is 0 Å². The van der Waals surface area contributed by atoms with Crippen LogP contribution in [0.3, 0.4) is 0 Å². The van der Waals surface area contributed by atoms with Gasteiger partial charge in [-0.2, -0.15) is 5.10 Å². The van der Waals surface area contributed by atoms with Gasteiger partial charge in [-0.3, -0.25) is 9.89 Å². The molecule has 5 heteroatoms. The number of aromatic amines is 1. The number of nitrogens with zero attached hydrogens (tertiary/aromatic N) is 1. The molecule has 1 heterocycles. The number of hydrogen-bond acceptors (Lipinski definition) is 3. The third-order valence-corrected chi connectivity index (χ3v) is 3.36. The zero-order valence-electron chi connectivity index (χ0n) is 14.1. The van der Waals surface area contributed by atoms with Crippen LogP contribution in [0, 0.1) is 12.8 Å². The number of aromatic nitrogens is 2. The minimum atomic E-state index is -0.146. The van der Waals surface area contributed by atoms with Crippen LogP contribution in [0.25, 0.3) is 0 Å². The highest BCUT2D eigenvalue weighted by molar-refractivity contribution is 5.92. The summed E-state index contributed by atoms with van der Waals surface area (Å²) in [5.74, 6) is 1.25. The average molecular weight is 315 g/mol. The van der Waals surface area contributed by atoms with E-state index in [1.807, 2.05) is 37.3 Å². The summed E-state index contributed by atoms with van der Waals surface area (Å²) in [5, 5.41) is 9.83. The van der Waals surface area contributed by atoms with E-state index >= 15 is 0 Å². The van der Waals surface area contributed by atoms with Gasteiger partial charge in [-0.1, -0.05) is 26.0 Å². The number of carbonyl (C=O) groups is 1. The molecule has 0 unspecified atom stereocenters. The highest BCUT2D eigenvalue weighted by Gasteiger charge is 2.10. The lowest BCUT2D eigenvalue weighted by atomic mass is 10.1. The van der Waals surface area contributed by atoms with Gasteiger partial charge in [0.2, 0.25) is 0 Å². The molecule has 1 aromatic heterocycles. The fourth-order valence-corrected chi connectivity index (χ4v) is 2.28. The summed E-state index contributed by atoms with van der Waals surface area (Å²) < 4.78 is 5.65. The summed E-state index contributed by atoms with van der Waals surface area (Å²) in [4.78, 5) is 12.0. The minimum Gasteiger partial charge on any atom is -0.494 e. The molecule has 2 N–H and O–H groups in total. The standard InChI is InChI=1S/C18H25N3O2/c1-13(2)10-15-12-17(21-20-15)18(22)19-8-5-9-23-16-7-4-6-14(3)11-16/h4,6-7,11-13H,5,8-10H2,1-3H3,(H,19,22)(H,20,21). The smallest absolute Gasteiger partial charge is 0.271 e. The van der Waals surface area contributed by atoms with Crippen molar-refractivity contribution in [2.45, 2.75) is 33.6 Å². The Hall–Kier alpha value is -2.30. The molecule has 0 radical (unpaired) electrons. The van der Waals surface area contributed by atoms with Crippen molar-refractivity contribution in [3.8, 4) is 5.75 Å². The molecule has 0 fully saturated rings. The van der Waals surface area contributed by atoms with Crippen LogP contribution in [-0.2, 0) is 6.42 Å². The molecule has 0 atom stereocenters. The molecule has 0 aliphatic rings. The van der Waals surface area contributed by atoms with E-state index < -0.39 is 0 Å². The van der Waals surface area contributed by atoms with E-state index in [2.05, 4.69) is 29.4 Å². The van der Waals surface area contributed by atoms with Crippen LogP contribution in [0.1, 0.15) is 42.0 Å². The Bertz CT molecular complexity index is 635. The third kappa shape index (κ3) is 5.77. The summed E-state index contributed by atoms with van der Waals surface area (Å²) in [5.41, 5.74) is 2.61. The van der Waals surface area contributed by atoms with E-state index in [0.29, 0.717) is 24.8 Å². The van der Waals surface area contributed by atoms with Crippen LogP contribution in [0.2, 0.25) is 0 Å². The summed E-state index contributed by atoms with van der Waals surface area (Å²) in [6, 6.07) is 9.76. The highest BCUT2D eigenvalue weighted by Crippen LogP contribution is 2.12. The van der Waals surface area contributed by atoms with Crippen molar-refractivity contribution in [3.05, 3.63) is 47.3 Å². The lowest BCUT2D eigenvalue weighted by Crippen LogP contribution is -2.25. The van der Waals surface area contributed by atoms with E-state index in [4.69, 9.17) is 4.74 Å². The van der Waals surface area contributed by atoms with E-state index in [0.717, 1.165) is 24.3 Å². The molecule has 0 saturated carbocycles. The van der Waals surface area contributed by atoms with Crippen LogP contribution in [0.5, 0.6) is 5.75 Å². The van der Waals surface area contributed by atoms with E-state index in [1.54, 1.807) is 0 Å². The normalized spacial score (nSPS) is 10.8. The van der Waals surface area contributed by atoms with E-state index in [9.17, 15) is 4.79 Å². The van der Waals surface area contributed by atoms with Crippen molar-refractivity contribution < 1.29 is 9.53 Å². The van der Waals surface area contributed by atoms with Crippen LogP contribution in [0.4, 0.5) is 0 Å². The molecular formula is C18H25N3O2. The maximum Gasteiger partial charge on any atom is 0.271 e. The predicted octanol–water partition coefficient (Wildman–Crippen LogP) is 3.12. The van der Waals surface area contributed by atoms with Crippen molar-refractivity contribution in [2.75, 3.05) is 13.2 Å². The Morgan fingerprint density at radius 2 is 2.17 bits per heavy atom. The molecule has 1 aromatic carbocycles. The number of ether oxygens (including phenoxy) is 1. The highest BCUT2D eigenvalue weighted by atomic mass is 16.5. The Kier molecular flexibility index (Phi) is 6.20. The first-order chi connectivity index (χ1) is 11.0. The fraction of sp³-hybridized carbons (Fsp3) is 0.444. The first-order valence-corrected chi connectivity index (χ1v) is 8.06. The van der Waals surface area contributed by atoms with Crippen molar-refractivity contribution in [2.24, 2.45) is 5.92 Å². The molecule has 2 aromatic rings. The van der Waals surface area contributed by atoms with Crippen molar-refractivity contribution in [1.82, 2.24) is 15.5 Å². The van der Waals surface area contributed by atoms with E-state index in [1.165, 1.54) is 5.56 Å². The monoisotopic (exact) mass is 315 g/mol. The summed E-state index contributed by atoms with van der Waals surface area (Å²) in [7, 11) is 0. The second-order valence-corrected chi connectivity index (χ2v) is 6.15. The predicted molar refractivity (Wildman–Crippen MR) is 90.8 cm³/mol. The molecule has 23 heavy (non-hydrogen) atoms. The molecule has 0 bridgehead atoms. The first kappa shape index (κ1) is 17.1. The van der Waals surface area contributed by atoms with Crippen LogP contribution in [-0.4, -0.2) is 29.3 Å². The summed E-state index contributed by atoms with van der Waals surface area (Å²) >= 11 is 0. The SMILES string of the molecule is Cc1cccc(OCCCNC(=O)c2cc(CC(C)C)[nH]n2)c1. The lowest BCUT2D eigenvalue weighted by molar-refractivity contribution is 0.0946. The first-order valence-electron chi connectivity index (χ1n) is 8.06. The van der Waals surface area contributed by atoms with Gasteiger partial charge in [-0.05, 0) is 49.4 Å². The molecule has 0 spiro atoms. The number of hydrogen-bond donors (Lipinski definition) is 2. The zero-order chi connectivity index (χ0) is 16.7. The van der Waals surface area contributed by atoms with Gasteiger partial charge >= 0.3 is 0 Å². The quantitative estimate of drug-likeness (QED) is 0.736. The Morgan fingerprint density at radius 3 is 2.91 bits per heavy atom. The number of aryl methyl sites for hydroxylation is 1. The van der Waals surface area contributed by atoms with Crippen LogP contribution >= 0.6 is 0 Å². The van der Waals surface area contributed by atoms with Gasteiger partial charge < -0.3 is 10.1 Å². The maximum atomic E-state index is 12.0. The zero-order valence-corrected chi connectivity index (χ0v) is 14.1. The number of benzene rings is 1. The van der Waals surface area contributed by atoms with Gasteiger partial charge in [0.05, 0.1) is 6.61 Å². The lowest BCUT2D eigenvalue weighted by Gasteiger charge is -2.07. The van der Waals surface area contributed by atoms with Gasteiger partial charge in [0.1, 0.15) is 11.4 Å². The summed E-state index contributed by atoms with van der Waals surface area (Å²) in [6.07, 6.45) is 1.65. The summed E-state index contributed by atoms with van der Waals surface area (Å²) in [6.45, 7) is 7.44. The Balaban J connectivity index is 1.67. The largest absolute Gasteiger partial charge is 0.494 e. The Labute approximate surface area is 137 Å². The average Bonchev–Trinajstić information content (AvgIpc) is 2.94. The van der Waals surface area contributed by atoms with Crippen molar-refractivity contribution >= 4 is 5.91 Å². The second-order valence-electron chi connectivity index (χ2n) is 6.15. The number of rotatable bonds is 8. The Morgan fingerprint density at radius 1 is 1.35 bits per heavy atom. The molecule has 124 valence electrons. The third-order valence-electron chi connectivity index (χ3n) is 3.36. The number of amides is 1. The minimum absolute atomic E-state index is 0.146. The molecule has 2 rings (SSSR count). The van der Waals surface area contributed by atoms with Crippen LogP contribution < -0.4 is 10.1 Å². The molecular weight excluding hydrogens is 290 g/mol. The van der Waals surface area contributed by atoms with Crippen molar-refractivity contribution in [3.63, 3.8) is 0 Å². The fourth-order valence-electron chi connectivity index (χ4n) is 2.28. The molecule has 5 nitrogen and oxygen atoms in total. The molecule has 0 aliphatic heterocycles. The van der Waals surface area contributed by atoms with Gasteiger partial charge in [0.15, 0.2) is 0 Å². The molecule has 0 aliphatic carbocycles. The molecule has 1 amide bonds. The molecule has 0 saturated heterocycles. The van der Waals surface area contributed by atoms with E-state index in [-0.39, 0.29) is 5.91 Å². The van der Waals surface area contributed by atoms with Crippen molar-refractivity contribution in [1.29, 1.82) is 0 Å². The number of carbonyl (C=O) groups excluding carboxylic acids is 1. The number of nitrogens with one attached hydrogen (secondary N) is 2. The second kappa shape index (κ2) is 8.36. The maximum absolute atomic E-state index is 12.0. The van der Waals surface area contributed by atoms with Gasteiger partial charge in [-0.25, -0.2) is 0 Å². The van der Waals surface area contributed by atoms with Gasteiger partial charge in [0.25, 0.3) is 5.91 Å². The van der Waals surface area contributed by atoms with Gasteiger partial charge in [0, 0.05) is 12.2 Å². The topological polar surface area (TPSA) is 67.0 Å². The van der Waals surface area contributed by atoms with Crippen LogP contribution in [0.15, 0.2) is 30.3 Å².